The predicted octanol–water partition coefficient (Wildman–Crippen LogP) is 0.928. The molecule has 0 fully saturated rings. The summed E-state index contributed by atoms with van der Waals surface area (Å²) < 4.78 is 0. The van der Waals surface area contributed by atoms with Gasteiger partial charge in [0.15, 0.2) is 0 Å². The molecule has 0 saturated carbocycles. The first-order valence-corrected chi connectivity index (χ1v) is 3.55. The highest BCUT2D eigenvalue weighted by Crippen LogP contribution is 1.98. The Hall–Kier alpha value is -1.42. The fourth-order valence-electron chi connectivity index (χ4n) is 0.750. The number of carbonyl (C=O) groups is 1. The van der Waals surface area contributed by atoms with E-state index in [-0.39, 0.29) is 6.54 Å². The first-order valence-electron chi connectivity index (χ1n) is 3.55. The van der Waals surface area contributed by atoms with E-state index in [1.165, 1.54) is 6.92 Å². The molecule has 4 heteroatoms. The summed E-state index contributed by atoms with van der Waals surface area (Å²) in [7, 11) is 0. The van der Waals surface area contributed by atoms with E-state index >= 15 is 0 Å². The molecule has 1 aromatic rings. The summed E-state index contributed by atoms with van der Waals surface area (Å²) in [6.45, 7) is 1.26. The molecule has 1 aromatic heterocycles. The van der Waals surface area contributed by atoms with E-state index in [0.717, 1.165) is 0 Å². The first-order chi connectivity index (χ1) is 5.70. The number of amides is 1. The molecule has 12 heavy (non-hydrogen) atoms. The van der Waals surface area contributed by atoms with Gasteiger partial charge in [-0.25, -0.2) is 0 Å². The second kappa shape index (κ2) is 3.82. The van der Waals surface area contributed by atoms with Crippen LogP contribution in [0.5, 0.6) is 0 Å². The molecular weight excluding hydrogens is 156 g/mol. The highest BCUT2D eigenvalue weighted by atomic mass is 16.5. The minimum Gasteiger partial charge on any atom is -0.756 e. The Balaban J connectivity index is 2.58. The number of aromatic nitrogens is 1. The lowest BCUT2D eigenvalue weighted by molar-refractivity contribution is -0.126. The van der Waals surface area contributed by atoms with Crippen molar-refractivity contribution in [3.8, 4) is 0 Å². The summed E-state index contributed by atoms with van der Waals surface area (Å²) in [6, 6.07) is 5.23. The number of hydrogen-bond donors (Lipinski definition) is 0. The SMILES string of the molecule is CC(=O)N([O-])Cc1ccccn1. The summed E-state index contributed by atoms with van der Waals surface area (Å²) in [6.07, 6.45) is 1.59. The van der Waals surface area contributed by atoms with Crippen molar-refractivity contribution in [3.05, 3.63) is 35.3 Å². The van der Waals surface area contributed by atoms with Gasteiger partial charge >= 0.3 is 0 Å². The van der Waals surface area contributed by atoms with Gasteiger partial charge in [0.2, 0.25) is 5.91 Å². The Bertz CT molecular complexity index is 261. The fraction of sp³-hybridized carbons (Fsp3) is 0.250. The average molecular weight is 165 g/mol. The van der Waals surface area contributed by atoms with E-state index in [1.807, 2.05) is 0 Å². The molecule has 0 aliphatic rings. The lowest BCUT2D eigenvalue weighted by atomic mass is 10.3. The number of hydroxylamine groups is 2. The smallest absolute Gasteiger partial charge is 0.209 e. The zero-order valence-electron chi connectivity index (χ0n) is 6.73. The molecule has 0 spiro atoms. The second-order valence-corrected chi connectivity index (χ2v) is 2.38. The van der Waals surface area contributed by atoms with E-state index < -0.39 is 5.91 Å². The van der Waals surface area contributed by atoms with Gasteiger partial charge < -0.3 is 10.3 Å². The van der Waals surface area contributed by atoms with Crippen LogP contribution in [0, 0.1) is 5.21 Å². The van der Waals surface area contributed by atoms with E-state index in [0.29, 0.717) is 10.8 Å². The number of carbonyl (C=O) groups excluding carboxylic acids is 1. The molecular formula is C8H9N2O2-. The summed E-state index contributed by atoms with van der Waals surface area (Å²) >= 11 is 0. The molecule has 0 N–H and O–H groups in total. The van der Waals surface area contributed by atoms with Crippen LogP contribution in [-0.4, -0.2) is 16.0 Å². The van der Waals surface area contributed by atoms with Crippen molar-refractivity contribution < 1.29 is 4.79 Å². The lowest BCUT2D eigenvalue weighted by Crippen LogP contribution is -2.21. The van der Waals surface area contributed by atoms with Gasteiger partial charge in [0.1, 0.15) is 0 Å². The molecule has 0 aliphatic heterocycles. The van der Waals surface area contributed by atoms with Crippen molar-refractivity contribution in [1.82, 2.24) is 10.0 Å². The van der Waals surface area contributed by atoms with Crippen LogP contribution >= 0.6 is 0 Å². The Kier molecular flexibility index (Phi) is 2.76. The summed E-state index contributed by atoms with van der Waals surface area (Å²) in [5.41, 5.74) is 0.600. The molecule has 0 unspecified atom stereocenters. The van der Waals surface area contributed by atoms with Gasteiger partial charge in [0, 0.05) is 13.1 Å². The van der Waals surface area contributed by atoms with Crippen molar-refractivity contribution in [2.45, 2.75) is 13.5 Å². The Morgan fingerprint density at radius 1 is 1.67 bits per heavy atom. The largest absolute Gasteiger partial charge is 0.756 e. The first kappa shape index (κ1) is 8.67. The maximum absolute atomic E-state index is 10.8. The standard InChI is InChI=1S/C8H9N2O2/c1-7(11)10(12)6-8-4-2-3-5-9-8/h2-5H,6H2,1H3/q-1. The van der Waals surface area contributed by atoms with Gasteiger partial charge in [-0.1, -0.05) is 6.07 Å². The third kappa shape index (κ3) is 2.32. The molecule has 0 saturated heterocycles. The topological polar surface area (TPSA) is 56.3 Å². The Morgan fingerprint density at radius 2 is 2.42 bits per heavy atom. The number of nitrogens with zero attached hydrogens (tertiary/aromatic N) is 2. The van der Waals surface area contributed by atoms with E-state index in [9.17, 15) is 10.0 Å². The molecule has 0 aromatic carbocycles. The van der Waals surface area contributed by atoms with E-state index in [4.69, 9.17) is 0 Å². The van der Waals surface area contributed by atoms with E-state index in [1.54, 1.807) is 24.4 Å². The highest BCUT2D eigenvalue weighted by Gasteiger charge is 1.97. The molecule has 0 atom stereocenters. The number of pyridine rings is 1. The van der Waals surface area contributed by atoms with Gasteiger partial charge in [-0.15, -0.1) is 0 Å². The van der Waals surface area contributed by atoms with E-state index in [2.05, 4.69) is 4.98 Å². The normalized spacial score (nSPS) is 9.50. The molecule has 0 radical (unpaired) electrons. The minimum absolute atomic E-state index is 0.0240. The number of rotatable bonds is 2. The van der Waals surface area contributed by atoms with Crippen molar-refractivity contribution >= 4 is 5.91 Å². The Labute approximate surface area is 70.4 Å². The molecule has 0 bridgehead atoms. The maximum Gasteiger partial charge on any atom is 0.209 e. The van der Waals surface area contributed by atoms with Crippen LogP contribution in [0.15, 0.2) is 24.4 Å². The van der Waals surface area contributed by atoms with Crippen LogP contribution < -0.4 is 0 Å². The zero-order valence-corrected chi connectivity index (χ0v) is 6.73. The average Bonchev–Trinajstić information content (AvgIpc) is 2.06. The van der Waals surface area contributed by atoms with Crippen LogP contribution in [0.2, 0.25) is 0 Å². The maximum atomic E-state index is 10.8. The minimum atomic E-state index is -0.499. The van der Waals surface area contributed by atoms with Gasteiger partial charge in [-0.3, -0.25) is 9.78 Å². The molecule has 4 nitrogen and oxygen atoms in total. The van der Waals surface area contributed by atoms with Gasteiger partial charge in [0.25, 0.3) is 0 Å². The lowest BCUT2D eigenvalue weighted by Gasteiger charge is -2.25. The van der Waals surface area contributed by atoms with Crippen molar-refractivity contribution in [3.63, 3.8) is 0 Å². The second-order valence-electron chi connectivity index (χ2n) is 2.38. The van der Waals surface area contributed by atoms with Crippen LogP contribution in [-0.2, 0) is 11.3 Å². The number of hydrogen-bond acceptors (Lipinski definition) is 3. The Morgan fingerprint density at radius 3 is 2.92 bits per heavy atom. The van der Waals surface area contributed by atoms with Crippen LogP contribution in [0.3, 0.4) is 0 Å². The van der Waals surface area contributed by atoms with Crippen LogP contribution in [0.1, 0.15) is 12.6 Å². The van der Waals surface area contributed by atoms with Gasteiger partial charge in [-0.05, 0) is 12.1 Å². The zero-order chi connectivity index (χ0) is 8.97. The van der Waals surface area contributed by atoms with Crippen LogP contribution in [0.4, 0.5) is 0 Å². The summed E-state index contributed by atoms with van der Waals surface area (Å²) in [4.78, 5) is 14.4. The van der Waals surface area contributed by atoms with Crippen molar-refractivity contribution in [1.29, 1.82) is 0 Å². The molecule has 1 amide bonds. The predicted molar refractivity (Wildman–Crippen MR) is 43.8 cm³/mol. The quantitative estimate of drug-likeness (QED) is 0.612. The third-order valence-electron chi connectivity index (χ3n) is 1.38. The molecule has 64 valence electrons. The van der Waals surface area contributed by atoms with Gasteiger partial charge in [0.05, 0.1) is 12.2 Å². The van der Waals surface area contributed by atoms with Crippen LogP contribution in [0.25, 0.3) is 0 Å². The molecule has 0 aliphatic carbocycles. The van der Waals surface area contributed by atoms with Crippen molar-refractivity contribution in [2.24, 2.45) is 0 Å². The molecule has 1 heterocycles. The van der Waals surface area contributed by atoms with Crippen molar-refractivity contribution in [2.75, 3.05) is 0 Å². The summed E-state index contributed by atoms with van der Waals surface area (Å²) in [5, 5.41) is 11.2. The van der Waals surface area contributed by atoms with Gasteiger partial charge in [-0.2, -0.15) is 0 Å². The fourth-order valence-corrected chi connectivity index (χ4v) is 0.750. The molecule has 1 rings (SSSR count). The third-order valence-corrected chi connectivity index (χ3v) is 1.38. The summed E-state index contributed by atoms with van der Waals surface area (Å²) in [5.74, 6) is -0.499. The monoisotopic (exact) mass is 165 g/mol. The highest BCUT2D eigenvalue weighted by molar-refractivity contribution is 5.73.